The highest BCUT2D eigenvalue weighted by Gasteiger charge is 2.28. The molecule has 0 bridgehead atoms. The van der Waals surface area contributed by atoms with Crippen molar-refractivity contribution in [2.24, 2.45) is 5.73 Å². The highest BCUT2D eigenvalue weighted by atomic mass is 16.4. The maximum Gasteiger partial charge on any atom is 0.334 e. The largest absolute Gasteiger partial charge is 0.510 e. The second kappa shape index (κ2) is 8.60. The molecule has 1 heterocycles. The number of rotatable bonds is 9. The van der Waals surface area contributed by atoms with Crippen molar-refractivity contribution in [3.8, 4) is 0 Å². The minimum Gasteiger partial charge on any atom is -0.510 e. The number of urea groups is 1. The zero-order valence-corrected chi connectivity index (χ0v) is 12.7. The topological polar surface area (TPSA) is 221 Å². The van der Waals surface area contributed by atoms with E-state index >= 15 is 0 Å². The number of carboxylic acid groups (broad SMARTS) is 2. The Morgan fingerprint density at radius 1 is 1.16 bits per heavy atom. The van der Waals surface area contributed by atoms with Crippen LogP contribution in [-0.2, 0) is 9.59 Å². The minimum absolute atomic E-state index is 0.178. The van der Waals surface area contributed by atoms with Gasteiger partial charge >= 0.3 is 18.0 Å². The van der Waals surface area contributed by atoms with Crippen LogP contribution in [0.2, 0.25) is 0 Å². The summed E-state index contributed by atoms with van der Waals surface area (Å²) in [5.41, 5.74) is 5.48. The molecule has 2 amide bonds. The highest BCUT2D eigenvalue weighted by molar-refractivity contribution is 5.84. The average Bonchev–Trinajstić information content (AvgIpc) is 3.00. The summed E-state index contributed by atoms with van der Waals surface area (Å²) in [6.45, 7) is 2.51. The maximum absolute atomic E-state index is 11.8. The van der Waals surface area contributed by atoms with Crippen LogP contribution in [0.3, 0.4) is 0 Å². The fourth-order valence-electron chi connectivity index (χ4n) is 1.61. The van der Waals surface area contributed by atoms with Gasteiger partial charge in [-0.05, 0) is 0 Å². The first-order valence-corrected chi connectivity index (χ1v) is 6.74. The molecule has 0 aliphatic rings. The molecule has 0 fully saturated rings. The predicted molar refractivity (Wildman–Crippen MR) is 78.2 cm³/mol. The van der Waals surface area contributed by atoms with Gasteiger partial charge in [0.05, 0.1) is 13.0 Å². The van der Waals surface area contributed by atoms with E-state index in [2.05, 4.69) is 22.1 Å². The molecule has 1 aromatic heterocycles. The van der Waals surface area contributed by atoms with Gasteiger partial charge in [0.15, 0.2) is 6.04 Å². The van der Waals surface area contributed by atoms with Gasteiger partial charge in [0.1, 0.15) is 17.8 Å². The molecule has 0 radical (unpaired) electrons. The smallest absolute Gasteiger partial charge is 0.334 e. The van der Waals surface area contributed by atoms with Crippen molar-refractivity contribution in [3.05, 3.63) is 24.1 Å². The van der Waals surface area contributed by atoms with E-state index in [9.17, 15) is 14.4 Å². The Morgan fingerprint density at radius 2 is 1.76 bits per heavy atom. The van der Waals surface area contributed by atoms with Crippen LogP contribution in [0.15, 0.2) is 16.8 Å². The number of carbonyl (C=O) groups excluding carboxylic acids is 1. The molecule has 138 valence electrons. The summed E-state index contributed by atoms with van der Waals surface area (Å²) >= 11 is 0. The molecular weight excluding hydrogens is 342 g/mol. The van der Waals surface area contributed by atoms with Crippen LogP contribution in [0, 0.1) is 0 Å². The number of aliphatic carboxylic acids is 2. The van der Waals surface area contributed by atoms with E-state index in [0.717, 1.165) is 0 Å². The van der Waals surface area contributed by atoms with Gasteiger partial charge in [-0.2, -0.15) is 0 Å². The standard InChI is InChI=1S/C12H17N5O8/c1-4(19)8(11(22)23)15-12(24)14-6(2-7(20)21)10-17-16-9(25-10)5(13)3-18/h5-6,8,18-19H,1-3,13H2,(H,20,21)(H,22,23)(H2,14,15,24)/t5-,6-,8-/m0/s1. The van der Waals surface area contributed by atoms with Crippen LogP contribution in [0.5, 0.6) is 0 Å². The van der Waals surface area contributed by atoms with Gasteiger partial charge in [-0.15, -0.1) is 10.2 Å². The van der Waals surface area contributed by atoms with Gasteiger partial charge in [-0.1, -0.05) is 6.58 Å². The number of amides is 2. The lowest BCUT2D eigenvalue weighted by atomic mass is 10.2. The summed E-state index contributed by atoms with van der Waals surface area (Å²) in [6.07, 6.45) is -0.665. The molecule has 1 rings (SSSR count). The van der Waals surface area contributed by atoms with E-state index in [0.29, 0.717) is 0 Å². The van der Waals surface area contributed by atoms with Crippen molar-refractivity contribution < 1.29 is 39.2 Å². The quantitative estimate of drug-likeness (QED) is 0.249. The van der Waals surface area contributed by atoms with Crippen molar-refractivity contribution >= 4 is 18.0 Å². The highest BCUT2D eigenvalue weighted by Crippen LogP contribution is 2.18. The molecule has 0 aliphatic heterocycles. The molecule has 3 atom stereocenters. The Morgan fingerprint density at radius 3 is 2.24 bits per heavy atom. The number of hydrogen-bond acceptors (Lipinski definition) is 9. The van der Waals surface area contributed by atoms with Crippen molar-refractivity contribution in [3.63, 3.8) is 0 Å². The number of nitrogens with two attached hydrogens (primary N) is 1. The van der Waals surface area contributed by atoms with Crippen LogP contribution < -0.4 is 16.4 Å². The third-order valence-electron chi connectivity index (χ3n) is 2.81. The Balaban J connectivity index is 2.90. The second-order valence-corrected chi connectivity index (χ2v) is 4.80. The van der Waals surface area contributed by atoms with Crippen molar-refractivity contribution in [2.75, 3.05) is 6.61 Å². The first-order valence-electron chi connectivity index (χ1n) is 6.74. The molecule has 25 heavy (non-hydrogen) atoms. The lowest BCUT2D eigenvalue weighted by molar-refractivity contribution is -0.139. The molecule has 0 saturated heterocycles. The van der Waals surface area contributed by atoms with Gasteiger partial charge in [0, 0.05) is 0 Å². The van der Waals surface area contributed by atoms with Gasteiger partial charge in [0.2, 0.25) is 11.8 Å². The molecule has 13 heteroatoms. The van der Waals surface area contributed by atoms with Crippen LogP contribution in [0.1, 0.15) is 30.3 Å². The van der Waals surface area contributed by atoms with Crippen LogP contribution >= 0.6 is 0 Å². The summed E-state index contributed by atoms with van der Waals surface area (Å²) in [6, 6.07) is -5.23. The van der Waals surface area contributed by atoms with E-state index in [4.69, 9.17) is 30.6 Å². The molecule has 13 nitrogen and oxygen atoms in total. The molecule has 0 spiro atoms. The first-order chi connectivity index (χ1) is 11.6. The van der Waals surface area contributed by atoms with Gasteiger partial charge in [-0.25, -0.2) is 9.59 Å². The fourth-order valence-corrected chi connectivity index (χ4v) is 1.61. The zero-order chi connectivity index (χ0) is 19.1. The number of aliphatic hydroxyl groups is 2. The second-order valence-electron chi connectivity index (χ2n) is 4.80. The molecule has 0 aliphatic carbocycles. The molecular formula is C12H17N5O8. The van der Waals surface area contributed by atoms with Crippen LogP contribution in [0.25, 0.3) is 0 Å². The van der Waals surface area contributed by atoms with Crippen molar-refractivity contribution in [2.45, 2.75) is 24.5 Å². The Hall–Kier alpha value is -3.19. The molecule has 0 aromatic carbocycles. The summed E-state index contributed by atoms with van der Waals surface area (Å²) < 4.78 is 5.10. The Bertz CT molecular complexity index is 646. The van der Waals surface area contributed by atoms with E-state index < -0.39 is 54.9 Å². The molecule has 0 unspecified atom stereocenters. The number of hydrogen-bond donors (Lipinski definition) is 7. The number of carboxylic acids is 2. The molecule has 1 aromatic rings. The third kappa shape index (κ3) is 5.74. The minimum atomic E-state index is -1.80. The number of aliphatic hydroxyl groups excluding tert-OH is 2. The van der Waals surface area contributed by atoms with E-state index in [1.807, 2.05) is 5.32 Å². The maximum atomic E-state index is 11.8. The van der Waals surface area contributed by atoms with E-state index in [-0.39, 0.29) is 11.8 Å². The number of nitrogens with zero attached hydrogens (tertiary/aromatic N) is 2. The van der Waals surface area contributed by atoms with Gasteiger partial charge < -0.3 is 41.2 Å². The van der Waals surface area contributed by atoms with Crippen molar-refractivity contribution in [1.29, 1.82) is 0 Å². The normalized spacial score (nSPS) is 14.2. The Labute approximate surface area is 140 Å². The summed E-state index contributed by atoms with van der Waals surface area (Å²) in [4.78, 5) is 33.7. The molecule has 8 N–H and O–H groups in total. The first kappa shape index (κ1) is 19.9. The lowest BCUT2D eigenvalue weighted by Gasteiger charge is -2.17. The van der Waals surface area contributed by atoms with Crippen molar-refractivity contribution in [1.82, 2.24) is 20.8 Å². The monoisotopic (exact) mass is 359 g/mol. The summed E-state index contributed by atoms with van der Waals surface area (Å²) in [7, 11) is 0. The zero-order valence-electron chi connectivity index (χ0n) is 12.7. The summed E-state index contributed by atoms with van der Waals surface area (Å²) in [5.74, 6) is -4.22. The third-order valence-corrected chi connectivity index (χ3v) is 2.81. The number of nitrogens with one attached hydrogen (secondary N) is 2. The number of carbonyl (C=O) groups is 3. The SMILES string of the molecule is C=C(O)[C@H](NC(=O)N[C@@H](CC(=O)O)c1nnc([C@@H](N)CO)o1)C(=O)O. The number of aromatic nitrogens is 2. The summed E-state index contributed by atoms with van der Waals surface area (Å²) in [5, 5.41) is 46.9. The Kier molecular flexibility index (Phi) is 6.83. The van der Waals surface area contributed by atoms with Crippen LogP contribution in [-0.4, -0.2) is 61.2 Å². The van der Waals surface area contributed by atoms with E-state index in [1.165, 1.54) is 0 Å². The van der Waals surface area contributed by atoms with Gasteiger partial charge in [0.25, 0.3) is 0 Å². The predicted octanol–water partition coefficient (Wildman–Crippen LogP) is -1.60. The average molecular weight is 359 g/mol. The van der Waals surface area contributed by atoms with E-state index in [1.54, 1.807) is 0 Å². The fraction of sp³-hybridized carbons (Fsp3) is 0.417. The van der Waals surface area contributed by atoms with Crippen LogP contribution in [0.4, 0.5) is 4.79 Å². The molecule has 0 saturated carbocycles. The lowest BCUT2D eigenvalue weighted by Crippen LogP contribution is -2.48. The van der Waals surface area contributed by atoms with Gasteiger partial charge in [-0.3, -0.25) is 4.79 Å².